The van der Waals surface area contributed by atoms with Crippen molar-refractivity contribution in [2.75, 3.05) is 13.1 Å². The lowest BCUT2D eigenvalue weighted by Gasteiger charge is -2.31. The Morgan fingerprint density at radius 1 is 1.14 bits per heavy atom. The molecule has 146 valence electrons. The van der Waals surface area contributed by atoms with Crippen LogP contribution in [0.4, 0.5) is 4.39 Å². The largest absolute Gasteiger partial charge is 0.338 e. The van der Waals surface area contributed by atoms with Gasteiger partial charge >= 0.3 is 0 Å². The van der Waals surface area contributed by atoms with E-state index >= 15 is 0 Å². The second-order valence-electron chi connectivity index (χ2n) is 7.40. The first-order valence-electron chi connectivity index (χ1n) is 9.54. The van der Waals surface area contributed by atoms with Gasteiger partial charge in [-0.15, -0.1) is 0 Å². The third-order valence-electron chi connectivity index (χ3n) is 5.58. The molecule has 3 aromatic rings. The second-order valence-corrected chi connectivity index (χ2v) is 7.40. The number of piperidine rings is 1. The van der Waals surface area contributed by atoms with Crippen LogP contribution in [0.2, 0.25) is 0 Å². The number of carbonyl (C=O) groups excluding carboxylic acids is 1. The smallest absolute Gasteiger partial charge is 0.257 e. The Balaban J connectivity index is 1.53. The van der Waals surface area contributed by atoms with Crippen molar-refractivity contribution in [3.05, 3.63) is 65.3 Å². The molecule has 1 aliphatic rings. The van der Waals surface area contributed by atoms with Gasteiger partial charge in [-0.3, -0.25) is 4.79 Å². The standard InChI is InChI=1S/C21H24FN5O/c1-14-19(15(2)27(24-14)18-6-4-17(22)5-7-18)21(28)26-11-8-16(9-12-26)20-23-10-13-25(20)3/h4-7,10,13,16H,8-9,11-12H2,1-3H3. The molecule has 1 aliphatic heterocycles. The molecule has 1 saturated heterocycles. The van der Waals surface area contributed by atoms with Crippen molar-refractivity contribution >= 4 is 5.91 Å². The van der Waals surface area contributed by atoms with Crippen LogP contribution >= 0.6 is 0 Å². The number of halogens is 1. The van der Waals surface area contributed by atoms with Crippen LogP contribution in [0, 0.1) is 19.7 Å². The molecule has 4 rings (SSSR count). The summed E-state index contributed by atoms with van der Waals surface area (Å²) in [5.74, 6) is 1.19. The molecule has 6 nitrogen and oxygen atoms in total. The number of carbonyl (C=O) groups is 1. The Hall–Kier alpha value is -2.96. The summed E-state index contributed by atoms with van der Waals surface area (Å²) in [7, 11) is 2.01. The van der Waals surface area contributed by atoms with Gasteiger partial charge in [0.05, 0.1) is 22.6 Å². The fourth-order valence-electron chi connectivity index (χ4n) is 4.06. The summed E-state index contributed by atoms with van der Waals surface area (Å²) in [4.78, 5) is 19.6. The number of imidazole rings is 1. The number of hydrogen-bond acceptors (Lipinski definition) is 3. The highest BCUT2D eigenvalue weighted by Gasteiger charge is 2.29. The quantitative estimate of drug-likeness (QED) is 0.699. The van der Waals surface area contributed by atoms with E-state index < -0.39 is 0 Å². The molecule has 0 bridgehead atoms. The van der Waals surface area contributed by atoms with Crippen molar-refractivity contribution in [3.8, 4) is 5.69 Å². The van der Waals surface area contributed by atoms with E-state index in [0.717, 1.165) is 30.0 Å². The lowest BCUT2D eigenvalue weighted by molar-refractivity contribution is 0.0709. The van der Waals surface area contributed by atoms with Crippen molar-refractivity contribution in [2.45, 2.75) is 32.6 Å². The van der Waals surface area contributed by atoms with Crippen LogP contribution < -0.4 is 0 Å². The van der Waals surface area contributed by atoms with Crippen LogP contribution in [-0.4, -0.2) is 43.2 Å². The van der Waals surface area contributed by atoms with E-state index in [-0.39, 0.29) is 11.7 Å². The topological polar surface area (TPSA) is 56.0 Å². The summed E-state index contributed by atoms with van der Waals surface area (Å²) >= 11 is 0. The molecule has 0 saturated carbocycles. The van der Waals surface area contributed by atoms with E-state index in [1.54, 1.807) is 16.8 Å². The highest BCUT2D eigenvalue weighted by Crippen LogP contribution is 2.28. The average molecular weight is 381 g/mol. The Labute approximate surface area is 163 Å². The van der Waals surface area contributed by atoms with Gasteiger partial charge in [0, 0.05) is 38.4 Å². The first-order valence-corrected chi connectivity index (χ1v) is 9.54. The molecule has 1 aromatic carbocycles. The zero-order valence-electron chi connectivity index (χ0n) is 16.4. The van der Waals surface area contributed by atoms with Gasteiger partial charge in [0.1, 0.15) is 11.6 Å². The number of likely N-dealkylation sites (tertiary alicyclic amines) is 1. The zero-order valence-corrected chi connectivity index (χ0v) is 16.4. The summed E-state index contributed by atoms with van der Waals surface area (Å²) < 4.78 is 17.0. The van der Waals surface area contributed by atoms with E-state index in [2.05, 4.69) is 14.6 Å². The molecule has 0 spiro atoms. The Morgan fingerprint density at radius 3 is 2.43 bits per heavy atom. The van der Waals surface area contributed by atoms with Gasteiger partial charge in [0.25, 0.3) is 5.91 Å². The van der Waals surface area contributed by atoms with Crippen LogP contribution in [0.15, 0.2) is 36.7 Å². The molecule has 7 heteroatoms. The Kier molecular flexibility index (Phi) is 4.75. The van der Waals surface area contributed by atoms with E-state index in [1.807, 2.05) is 38.2 Å². The van der Waals surface area contributed by atoms with Crippen molar-refractivity contribution in [1.82, 2.24) is 24.2 Å². The van der Waals surface area contributed by atoms with Gasteiger partial charge < -0.3 is 9.47 Å². The third kappa shape index (κ3) is 3.21. The third-order valence-corrected chi connectivity index (χ3v) is 5.58. The lowest BCUT2D eigenvalue weighted by atomic mass is 9.95. The van der Waals surface area contributed by atoms with Crippen molar-refractivity contribution in [3.63, 3.8) is 0 Å². The second kappa shape index (κ2) is 7.22. The summed E-state index contributed by atoms with van der Waals surface area (Å²) in [5.41, 5.74) is 2.85. The average Bonchev–Trinajstić information content (AvgIpc) is 3.25. The molecule has 28 heavy (non-hydrogen) atoms. The molecule has 1 amide bonds. The van der Waals surface area contributed by atoms with Crippen molar-refractivity contribution in [2.24, 2.45) is 7.05 Å². The molecule has 1 fully saturated rings. The summed E-state index contributed by atoms with van der Waals surface area (Å²) in [5, 5.41) is 4.53. The van der Waals surface area contributed by atoms with Gasteiger partial charge in [0.15, 0.2) is 0 Å². The molecule has 0 N–H and O–H groups in total. The lowest BCUT2D eigenvalue weighted by Crippen LogP contribution is -2.38. The minimum Gasteiger partial charge on any atom is -0.338 e. The van der Waals surface area contributed by atoms with E-state index in [1.165, 1.54) is 12.1 Å². The van der Waals surface area contributed by atoms with Gasteiger partial charge in [0.2, 0.25) is 0 Å². The first-order chi connectivity index (χ1) is 13.5. The predicted molar refractivity (Wildman–Crippen MR) is 104 cm³/mol. The van der Waals surface area contributed by atoms with E-state index in [4.69, 9.17) is 0 Å². The van der Waals surface area contributed by atoms with Crippen molar-refractivity contribution < 1.29 is 9.18 Å². The van der Waals surface area contributed by atoms with Crippen LogP contribution in [0.5, 0.6) is 0 Å². The van der Waals surface area contributed by atoms with Gasteiger partial charge in [-0.05, 0) is 51.0 Å². The zero-order chi connectivity index (χ0) is 19.8. The molecular formula is C21H24FN5O. The maximum absolute atomic E-state index is 13.2. The van der Waals surface area contributed by atoms with Gasteiger partial charge in [-0.25, -0.2) is 14.1 Å². The number of benzene rings is 1. The monoisotopic (exact) mass is 381 g/mol. The maximum Gasteiger partial charge on any atom is 0.257 e. The molecule has 0 atom stereocenters. The number of amides is 1. The number of aryl methyl sites for hydroxylation is 2. The Morgan fingerprint density at radius 2 is 1.82 bits per heavy atom. The number of rotatable bonds is 3. The van der Waals surface area contributed by atoms with Crippen molar-refractivity contribution in [1.29, 1.82) is 0 Å². The minimum absolute atomic E-state index is 0.0154. The van der Waals surface area contributed by atoms with Crippen LogP contribution in [0.1, 0.15) is 46.3 Å². The normalized spacial score (nSPS) is 15.2. The fourth-order valence-corrected chi connectivity index (χ4v) is 4.06. The van der Waals surface area contributed by atoms with Gasteiger partial charge in [-0.2, -0.15) is 5.10 Å². The summed E-state index contributed by atoms with van der Waals surface area (Å²) in [6.07, 6.45) is 5.59. The first kappa shape index (κ1) is 18.4. The maximum atomic E-state index is 13.2. The summed E-state index contributed by atoms with van der Waals surface area (Å²) in [6.45, 7) is 5.14. The SMILES string of the molecule is Cc1nn(-c2ccc(F)cc2)c(C)c1C(=O)N1CCC(c2nccn2C)CC1. The molecule has 2 aromatic heterocycles. The highest BCUT2D eigenvalue weighted by atomic mass is 19.1. The van der Waals surface area contributed by atoms with Gasteiger partial charge in [-0.1, -0.05) is 0 Å². The van der Waals surface area contributed by atoms with Crippen LogP contribution in [0.25, 0.3) is 5.69 Å². The molecule has 0 unspecified atom stereocenters. The summed E-state index contributed by atoms with van der Waals surface area (Å²) in [6, 6.07) is 6.13. The molecular weight excluding hydrogens is 357 g/mol. The van der Waals surface area contributed by atoms with Crippen LogP contribution in [0.3, 0.4) is 0 Å². The van der Waals surface area contributed by atoms with E-state index in [0.29, 0.717) is 30.3 Å². The van der Waals surface area contributed by atoms with E-state index in [9.17, 15) is 9.18 Å². The molecule has 3 heterocycles. The fraction of sp³-hybridized carbons (Fsp3) is 0.381. The Bertz CT molecular complexity index is 996. The minimum atomic E-state index is -0.294. The highest BCUT2D eigenvalue weighted by molar-refractivity contribution is 5.96. The number of nitrogens with zero attached hydrogens (tertiary/aromatic N) is 5. The number of aromatic nitrogens is 4. The predicted octanol–water partition coefficient (Wildman–Crippen LogP) is 3.38. The number of hydrogen-bond donors (Lipinski definition) is 0. The van der Waals surface area contributed by atoms with Crippen LogP contribution in [-0.2, 0) is 7.05 Å². The molecule has 0 aliphatic carbocycles. The molecule has 0 radical (unpaired) electrons.